The van der Waals surface area contributed by atoms with Crippen LogP contribution in [0, 0.1) is 6.61 Å². The van der Waals surface area contributed by atoms with Crippen molar-refractivity contribution in [2.24, 2.45) is 0 Å². The molecule has 0 fully saturated rings. The third kappa shape index (κ3) is 16.3. The Morgan fingerprint density at radius 3 is 1.67 bits per heavy atom. The van der Waals surface area contributed by atoms with Crippen molar-refractivity contribution in [1.82, 2.24) is 0 Å². The molecule has 0 aliphatic heterocycles. The summed E-state index contributed by atoms with van der Waals surface area (Å²) in [5, 5.41) is 15.1. The summed E-state index contributed by atoms with van der Waals surface area (Å²) in [5.74, 6) is 0. The molecule has 0 radical (unpaired) electrons. The molecule has 0 unspecified atom stereocenters. The van der Waals surface area contributed by atoms with Crippen LogP contribution in [-0.2, 0) is 21.1 Å². The molecule has 0 amide bonds. The van der Waals surface area contributed by atoms with Gasteiger partial charge in [-0.25, -0.2) is 0 Å². The minimum atomic E-state index is -0.250. The maximum Gasteiger partial charge on any atom is 1.00 e. The number of aliphatic hydroxyl groups is 2. The predicted octanol–water partition coefficient (Wildman–Crippen LogP) is -3.49. The predicted molar refractivity (Wildman–Crippen MR) is 13.3 cm³/mol. The molecule has 0 aromatic heterocycles. The van der Waals surface area contributed by atoms with Gasteiger partial charge in [-0.1, -0.05) is 6.61 Å². The Morgan fingerprint density at radius 2 is 1.67 bits per heavy atom. The molecule has 0 spiro atoms. The summed E-state index contributed by atoms with van der Waals surface area (Å²) in [5.41, 5.74) is 0. The van der Waals surface area contributed by atoms with E-state index in [0.717, 1.165) is 0 Å². The van der Waals surface area contributed by atoms with Gasteiger partial charge in [-0.15, -0.1) is 0 Å². The fraction of sp³-hybridized carbons (Fsp3) is 0.500. The van der Waals surface area contributed by atoms with Crippen LogP contribution in [0.25, 0.3) is 0 Å². The Morgan fingerprint density at radius 1 is 1.50 bits per heavy atom. The summed E-state index contributed by atoms with van der Waals surface area (Å²) in [6, 6.07) is 0. The zero-order chi connectivity index (χ0) is 3.41. The minimum Gasteiger partial charge on any atom is -0.564 e. The smallest absolute Gasteiger partial charge is 0.564 e. The van der Waals surface area contributed by atoms with Gasteiger partial charge in [-0.2, -0.15) is 6.61 Å². The van der Waals surface area contributed by atoms with Crippen LogP contribution < -0.4 is 51.4 Å². The SMILES string of the molecule is O[CH-]CO.[K+].[Mo]. The van der Waals surface area contributed by atoms with Crippen molar-refractivity contribution in [3.63, 3.8) is 0 Å². The van der Waals surface area contributed by atoms with E-state index in [0.29, 0.717) is 6.61 Å². The van der Waals surface area contributed by atoms with E-state index in [-0.39, 0.29) is 79.1 Å². The van der Waals surface area contributed by atoms with Crippen LogP contribution >= 0.6 is 0 Å². The molecule has 0 heterocycles. The second-order valence-electron chi connectivity index (χ2n) is 0.365. The van der Waals surface area contributed by atoms with Crippen molar-refractivity contribution in [2.75, 3.05) is 6.61 Å². The monoisotopic (exact) mass is 198 g/mol. The first-order valence-electron chi connectivity index (χ1n) is 0.983. The van der Waals surface area contributed by atoms with Gasteiger partial charge in [0, 0.05) is 21.1 Å². The molecule has 0 aromatic carbocycles. The van der Waals surface area contributed by atoms with Gasteiger partial charge in [0.1, 0.15) is 0 Å². The van der Waals surface area contributed by atoms with Crippen molar-refractivity contribution in [3.8, 4) is 0 Å². The second-order valence-corrected chi connectivity index (χ2v) is 0.365. The van der Waals surface area contributed by atoms with Crippen LogP contribution in [0.15, 0.2) is 0 Å². The van der Waals surface area contributed by atoms with Crippen LogP contribution in [0.4, 0.5) is 0 Å². The summed E-state index contributed by atoms with van der Waals surface area (Å²) in [6.45, 7) is 0.431. The Bertz CT molecular complexity index is 13.5. The molecule has 0 bridgehead atoms. The summed E-state index contributed by atoms with van der Waals surface area (Å²) in [7, 11) is 0. The zero-order valence-corrected chi connectivity index (χ0v) is 8.72. The minimum absolute atomic E-state index is 0. The molecule has 0 rings (SSSR count). The van der Waals surface area contributed by atoms with Crippen LogP contribution in [0.5, 0.6) is 0 Å². The van der Waals surface area contributed by atoms with Gasteiger partial charge in [-0.3, -0.25) is 0 Å². The van der Waals surface area contributed by atoms with Gasteiger partial charge >= 0.3 is 51.4 Å². The van der Waals surface area contributed by atoms with E-state index in [1.54, 1.807) is 0 Å². The quantitative estimate of drug-likeness (QED) is 0.337. The van der Waals surface area contributed by atoms with Gasteiger partial charge < -0.3 is 10.2 Å². The molecule has 2 nitrogen and oxygen atoms in total. The fourth-order valence-corrected chi connectivity index (χ4v) is 0. The first-order valence-corrected chi connectivity index (χ1v) is 0.983. The summed E-state index contributed by atoms with van der Waals surface area (Å²) in [6.07, 6.45) is 0. The fourth-order valence-electron chi connectivity index (χ4n) is 0. The molecule has 2 N–H and O–H groups in total. The molecule has 0 saturated heterocycles. The van der Waals surface area contributed by atoms with Crippen molar-refractivity contribution in [2.45, 2.75) is 0 Å². The number of hydrogen-bond acceptors (Lipinski definition) is 2. The molecule has 0 aromatic rings. The van der Waals surface area contributed by atoms with Crippen LogP contribution in [0.1, 0.15) is 0 Å². The van der Waals surface area contributed by atoms with Crippen LogP contribution in [0.2, 0.25) is 0 Å². The summed E-state index contributed by atoms with van der Waals surface area (Å²) >= 11 is 0. The molecule has 0 saturated carbocycles. The molecule has 0 aliphatic rings. The zero-order valence-electron chi connectivity index (χ0n) is 3.59. The van der Waals surface area contributed by atoms with E-state index < -0.39 is 0 Å². The van der Waals surface area contributed by atoms with Gasteiger partial charge in [-0.05, 0) is 0 Å². The number of rotatable bonds is 1. The molecule has 0 atom stereocenters. The van der Waals surface area contributed by atoms with Crippen molar-refractivity contribution < 1.29 is 82.7 Å². The van der Waals surface area contributed by atoms with E-state index in [4.69, 9.17) is 10.2 Å². The van der Waals surface area contributed by atoms with Crippen LogP contribution in [0.3, 0.4) is 0 Å². The Balaban J connectivity index is -0.0000000450. The molecular formula is C2H5KMoO2. The van der Waals surface area contributed by atoms with E-state index >= 15 is 0 Å². The maximum absolute atomic E-state index is 7.57. The normalized spacial score (nSPS) is 5.00. The average Bonchev–Trinajstić information content (AvgIpc) is 1.37. The molecule has 0 aliphatic carbocycles. The summed E-state index contributed by atoms with van der Waals surface area (Å²) < 4.78 is 0. The number of aliphatic hydroxyl groups excluding tert-OH is 2. The third-order valence-corrected chi connectivity index (χ3v) is 0.0816. The standard InChI is InChI=1S/C2H5O2.K.Mo/c3-1-2-4;;/h1,3-4H,2H2;;/q-1;+1;. The van der Waals surface area contributed by atoms with E-state index in [2.05, 4.69) is 0 Å². The molecule has 6 heavy (non-hydrogen) atoms. The van der Waals surface area contributed by atoms with E-state index in [1.165, 1.54) is 0 Å². The second kappa shape index (κ2) is 15.7. The van der Waals surface area contributed by atoms with Crippen LogP contribution in [-0.4, -0.2) is 16.8 Å². The maximum atomic E-state index is 7.57. The topological polar surface area (TPSA) is 40.5 Å². The van der Waals surface area contributed by atoms with Gasteiger partial charge in [0.25, 0.3) is 0 Å². The van der Waals surface area contributed by atoms with Gasteiger partial charge in [0.15, 0.2) is 0 Å². The van der Waals surface area contributed by atoms with E-state index in [1.807, 2.05) is 0 Å². The molecule has 4 heteroatoms. The van der Waals surface area contributed by atoms with Crippen molar-refractivity contribution in [1.29, 1.82) is 0 Å². The Kier molecular flexibility index (Phi) is 41.1. The Labute approximate surface area is 94.0 Å². The van der Waals surface area contributed by atoms with Gasteiger partial charge in [0.2, 0.25) is 0 Å². The van der Waals surface area contributed by atoms with E-state index in [9.17, 15) is 0 Å². The van der Waals surface area contributed by atoms with Crippen molar-refractivity contribution >= 4 is 0 Å². The van der Waals surface area contributed by atoms with Gasteiger partial charge in [0.05, 0.1) is 0 Å². The molecular weight excluding hydrogens is 191 g/mol. The Hall–Kier alpha value is 2.24. The first-order chi connectivity index (χ1) is 1.91. The number of hydrogen-bond donors (Lipinski definition) is 2. The summed E-state index contributed by atoms with van der Waals surface area (Å²) in [4.78, 5) is 0. The largest absolute Gasteiger partial charge is 1.00 e. The molecule has 32 valence electrons. The average molecular weight is 196 g/mol. The first kappa shape index (κ1) is 15.7. The van der Waals surface area contributed by atoms with Crippen molar-refractivity contribution in [3.05, 3.63) is 6.61 Å². The third-order valence-electron chi connectivity index (χ3n) is 0.0816.